The third-order valence-electron chi connectivity index (χ3n) is 3.79. The second kappa shape index (κ2) is 12.1. The summed E-state index contributed by atoms with van der Waals surface area (Å²) in [5.74, 6) is 0.959. The van der Waals surface area contributed by atoms with Gasteiger partial charge in [-0.25, -0.2) is 4.39 Å². The van der Waals surface area contributed by atoms with Gasteiger partial charge < -0.3 is 16.0 Å². The molecule has 1 amide bonds. The van der Waals surface area contributed by atoms with Crippen LogP contribution in [-0.2, 0) is 11.2 Å². The summed E-state index contributed by atoms with van der Waals surface area (Å²) in [6.07, 6.45) is 3.71. The lowest BCUT2D eigenvalue weighted by Crippen LogP contribution is -2.41. The number of amides is 1. The van der Waals surface area contributed by atoms with Crippen molar-refractivity contribution in [3.63, 3.8) is 0 Å². The maximum atomic E-state index is 13.1. The summed E-state index contributed by atoms with van der Waals surface area (Å²) >= 11 is 0. The molecule has 0 saturated heterocycles. The van der Waals surface area contributed by atoms with Gasteiger partial charge in [0.05, 0.1) is 0 Å². The van der Waals surface area contributed by atoms with E-state index in [1.165, 1.54) is 6.07 Å². The van der Waals surface area contributed by atoms with Crippen molar-refractivity contribution in [1.29, 1.82) is 0 Å². The van der Waals surface area contributed by atoms with E-state index in [2.05, 4.69) is 20.9 Å². The van der Waals surface area contributed by atoms with Crippen molar-refractivity contribution in [3.8, 4) is 0 Å². The highest BCUT2D eigenvalue weighted by Gasteiger charge is 2.28. The van der Waals surface area contributed by atoms with Gasteiger partial charge in [-0.1, -0.05) is 12.1 Å². The molecule has 0 radical (unpaired) electrons. The molecule has 2 rings (SSSR count). The number of nitrogens with zero attached hydrogens (tertiary/aromatic N) is 1. The van der Waals surface area contributed by atoms with Gasteiger partial charge in [-0.05, 0) is 50.3 Å². The van der Waals surface area contributed by atoms with Gasteiger partial charge in [0.25, 0.3) is 0 Å². The van der Waals surface area contributed by atoms with E-state index < -0.39 is 0 Å². The Labute approximate surface area is 166 Å². The number of carbonyl (C=O) groups excluding carboxylic acids is 1. The van der Waals surface area contributed by atoms with Gasteiger partial charge >= 0.3 is 0 Å². The van der Waals surface area contributed by atoms with Crippen molar-refractivity contribution in [3.05, 3.63) is 35.6 Å². The minimum Gasteiger partial charge on any atom is -0.357 e. The highest BCUT2D eigenvalue weighted by molar-refractivity contribution is 14.0. The molecule has 0 heterocycles. The van der Waals surface area contributed by atoms with Crippen LogP contribution in [0.2, 0.25) is 0 Å². The van der Waals surface area contributed by atoms with Crippen molar-refractivity contribution < 1.29 is 9.18 Å². The third kappa shape index (κ3) is 9.04. The lowest BCUT2D eigenvalue weighted by molar-refractivity contribution is -0.122. The number of benzene rings is 1. The fourth-order valence-corrected chi connectivity index (χ4v) is 2.36. The molecule has 3 N–H and O–H groups in total. The van der Waals surface area contributed by atoms with Crippen LogP contribution in [0.15, 0.2) is 29.3 Å². The predicted octanol–water partition coefficient (Wildman–Crippen LogP) is 2.46. The van der Waals surface area contributed by atoms with E-state index in [-0.39, 0.29) is 41.6 Å². The highest BCUT2D eigenvalue weighted by Crippen LogP contribution is 2.28. The van der Waals surface area contributed by atoms with E-state index in [1.54, 1.807) is 12.1 Å². The quantitative estimate of drug-likeness (QED) is 0.229. The molecule has 0 unspecified atom stereocenters. The number of carbonyl (C=O) groups is 1. The van der Waals surface area contributed by atoms with E-state index >= 15 is 0 Å². The second-order valence-electron chi connectivity index (χ2n) is 5.99. The number of hydrogen-bond donors (Lipinski definition) is 3. The summed E-state index contributed by atoms with van der Waals surface area (Å²) in [5, 5.41) is 9.30. The molecule has 0 spiro atoms. The van der Waals surface area contributed by atoms with E-state index in [1.807, 2.05) is 13.0 Å². The molecule has 0 aliphatic heterocycles. The molecule has 1 aromatic carbocycles. The Morgan fingerprint density at radius 2 is 2.00 bits per heavy atom. The molecule has 0 aromatic heterocycles. The van der Waals surface area contributed by atoms with Gasteiger partial charge in [0.15, 0.2) is 5.96 Å². The van der Waals surface area contributed by atoms with E-state index in [4.69, 9.17) is 0 Å². The standard InChI is InChI=1S/C18H27FN4O.HI/c1-2-20-18(23-12-11-21-17(24)15-8-9-15)22-10-4-6-14-5-3-7-16(19)13-14;/h3,5,7,13,15H,2,4,6,8-12H2,1H3,(H,21,24)(H2,20,22,23);1H. The normalized spacial score (nSPS) is 13.8. The summed E-state index contributed by atoms with van der Waals surface area (Å²) in [5.41, 5.74) is 0.992. The molecule has 1 aromatic rings. The molecule has 0 bridgehead atoms. The van der Waals surface area contributed by atoms with Gasteiger partial charge in [0, 0.05) is 32.1 Å². The molecule has 1 aliphatic rings. The average molecular weight is 462 g/mol. The summed E-state index contributed by atoms with van der Waals surface area (Å²) in [6.45, 7) is 4.71. The molecule has 1 aliphatic carbocycles. The minimum absolute atomic E-state index is 0. The smallest absolute Gasteiger partial charge is 0.223 e. The van der Waals surface area contributed by atoms with Crippen molar-refractivity contribution in [2.24, 2.45) is 10.9 Å². The first-order chi connectivity index (χ1) is 11.7. The first-order valence-electron chi connectivity index (χ1n) is 8.73. The molecular formula is C18H28FIN4O. The summed E-state index contributed by atoms with van der Waals surface area (Å²) in [4.78, 5) is 16.0. The maximum Gasteiger partial charge on any atom is 0.223 e. The third-order valence-corrected chi connectivity index (χ3v) is 3.79. The van der Waals surface area contributed by atoms with Crippen molar-refractivity contribution in [2.45, 2.75) is 32.6 Å². The van der Waals surface area contributed by atoms with Crippen molar-refractivity contribution in [2.75, 3.05) is 26.2 Å². The van der Waals surface area contributed by atoms with Crippen LogP contribution in [0.1, 0.15) is 31.7 Å². The van der Waals surface area contributed by atoms with E-state index in [9.17, 15) is 9.18 Å². The number of hydrogen-bond acceptors (Lipinski definition) is 2. The first kappa shape index (κ1) is 21.7. The summed E-state index contributed by atoms with van der Waals surface area (Å²) in [6, 6.07) is 6.68. The number of rotatable bonds is 9. The van der Waals surface area contributed by atoms with Crippen LogP contribution in [0.4, 0.5) is 4.39 Å². The Morgan fingerprint density at radius 3 is 2.68 bits per heavy atom. The molecule has 7 heteroatoms. The minimum atomic E-state index is -0.195. The number of halogens is 2. The van der Waals surface area contributed by atoms with Crippen LogP contribution in [0.5, 0.6) is 0 Å². The molecule has 1 saturated carbocycles. The average Bonchev–Trinajstić information content (AvgIpc) is 3.40. The zero-order valence-electron chi connectivity index (χ0n) is 14.7. The summed E-state index contributed by atoms with van der Waals surface area (Å²) < 4.78 is 13.1. The van der Waals surface area contributed by atoms with Crippen LogP contribution in [-0.4, -0.2) is 38.0 Å². The SMILES string of the molecule is CCNC(=NCCCc1cccc(F)c1)NCCNC(=O)C1CC1.I. The van der Waals surface area contributed by atoms with Crippen LogP contribution >= 0.6 is 24.0 Å². The Kier molecular flexibility index (Phi) is 10.4. The van der Waals surface area contributed by atoms with Crippen molar-refractivity contribution in [1.82, 2.24) is 16.0 Å². The van der Waals surface area contributed by atoms with Crippen LogP contribution in [0.25, 0.3) is 0 Å². The Morgan fingerprint density at radius 1 is 1.24 bits per heavy atom. The fraction of sp³-hybridized carbons (Fsp3) is 0.556. The molecule has 25 heavy (non-hydrogen) atoms. The molecule has 140 valence electrons. The molecule has 5 nitrogen and oxygen atoms in total. The molecular weight excluding hydrogens is 434 g/mol. The molecule has 1 fully saturated rings. The number of aryl methyl sites for hydroxylation is 1. The van der Waals surface area contributed by atoms with Crippen LogP contribution < -0.4 is 16.0 Å². The zero-order valence-corrected chi connectivity index (χ0v) is 17.0. The lowest BCUT2D eigenvalue weighted by atomic mass is 10.1. The largest absolute Gasteiger partial charge is 0.357 e. The van der Waals surface area contributed by atoms with E-state index in [0.717, 1.165) is 43.8 Å². The topological polar surface area (TPSA) is 65.5 Å². The Balaban J connectivity index is 0.00000312. The van der Waals surface area contributed by atoms with Gasteiger partial charge in [-0.2, -0.15) is 0 Å². The summed E-state index contributed by atoms with van der Waals surface area (Å²) in [7, 11) is 0. The number of nitrogens with one attached hydrogen (secondary N) is 3. The zero-order chi connectivity index (χ0) is 17.2. The van der Waals surface area contributed by atoms with Gasteiger partial charge in [-0.3, -0.25) is 9.79 Å². The predicted molar refractivity (Wildman–Crippen MR) is 110 cm³/mol. The second-order valence-corrected chi connectivity index (χ2v) is 5.99. The van der Waals surface area contributed by atoms with Crippen LogP contribution in [0.3, 0.4) is 0 Å². The highest BCUT2D eigenvalue weighted by atomic mass is 127. The first-order valence-corrected chi connectivity index (χ1v) is 8.73. The fourth-order valence-electron chi connectivity index (χ4n) is 2.36. The van der Waals surface area contributed by atoms with Gasteiger partial charge in [-0.15, -0.1) is 24.0 Å². The molecule has 0 atom stereocenters. The number of guanidine groups is 1. The van der Waals surface area contributed by atoms with Crippen LogP contribution in [0, 0.1) is 11.7 Å². The van der Waals surface area contributed by atoms with Gasteiger partial charge in [0.1, 0.15) is 5.82 Å². The monoisotopic (exact) mass is 462 g/mol. The number of aliphatic imine (C=N–C) groups is 1. The van der Waals surface area contributed by atoms with E-state index in [0.29, 0.717) is 19.6 Å². The van der Waals surface area contributed by atoms with Crippen molar-refractivity contribution >= 4 is 35.8 Å². The lowest BCUT2D eigenvalue weighted by Gasteiger charge is -2.11. The Bertz CT molecular complexity index is 564. The maximum absolute atomic E-state index is 13.1. The van der Waals surface area contributed by atoms with Gasteiger partial charge in [0.2, 0.25) is 5.91 Å². The Hall–Kier alpha value is -1.38.